The smallest absolute Gasteiger partial charge is 0.292 e. The van der Waals surface area contributed by atoms with Gasteiger partial charge in [0, 0.05) is 16.1 Å². The zero-order valence-corrected chi connectivity index (χ0v) is 11.8. The van der Waals surface area contributed by atoms with Crippen molar-refractivity contribution >= 4 is 40.5 Å². The summed E-state index contributed by atoms with van der Waals surface area (Å²) in [5, 5.41) is 13.5. The number of benzene rings is 2. The van der Waals surface area contributed by atoms with Crippen LogP contribution < -0.4 is 5.32 Å². The van der Waals surface area contributed by atoms with Gasteiger partial charge >= 0.3 is 0 Å². The Morgan fingerprint density at radius 3 is 2.43 bits per heavy atom. The molecular weight excluding hydrogens is 322 g/mol. The largest absolute Gasteiger partial charge is 0.316 e. The van der Waals surface area contributed by atoms with Gasteiger partial charge in [-0.05, 0) is 30.3 Å². The number of halogens is 3. The first-order chi connectivity index (χ1) is 9.88. The number of nitro benzene ring substituents is 1. The maximum absolute atomic E-state index is 13.6. The molecule has 0 aromatic heterocycles. The topological polar surface area (TPSA) is 72.2 Å². The van der Waals surface area contributed by atoms with E-state index in [0.29, 0.717) is 0 Å². The van der Waals surface area contributed by atoms with Crippen LogP contribution in [0.1, 0.15) is 10.4 Å². The predicted molar refractivity (Wildman–Crippen MR) is 77.5 cm³/mol. The monoisotopic (exact) mass is 328 g/mol. The van der Waals surface area contributed by atoms with Gasteiger partial charge in [0.1, 0.15) is 11.5 Å². The fraction of sp³-hybridized carbons (Fsp3) is 0. The third kappa shape index (κ3) is 3.48. The number of hydrogen-bond donors (Lipinski definition) is 1. The van der Waals surface area contributed by atoms with Crippen molar-refractivity contribution in [3.05, 3.63) is 67.9 Å². The fourth-order valence-corrected chi connectivity index (χ4v) is 1.97. The van der Waals surface area contributed by atoms with Gasteiger partial charge in [0.15, 0.2) is 0 Å². The number of anilines is 1. The van der Waals surface area contributed by atoms with Crippen molar-refractivity contribution in [2.24, 2.45) is 0 Å². The third-order valence-corrected chi connectivity index (χ3v) is 3.05. The Bertz CT molecular complexity index is 737. The lowest BCUT2D eigenvalue weighted by atomic mass is 10.2. The van der Waals surface area contributed by atoms with Crippen molar-refractivity contribution < 1.29 is 14.1 Å². The summed E-state index contributed by atoms with van der Waals surface area (Å²) in [6.45, 7) is 0. The summed E-state index contributed by atoms with van der Waals surface area (Å²) in [7, 11) is 0. The standard InChI is InChI=1S/C13H7Cl2FN2O3/c14-7-1-3-10(16)9(5-7)13(19)17-11-6-8(15)2-4-12(11)18(20)21/h1-6H,(H,17,19). The summed E-state index contributed by atoms with van der Waals surface area (Å²) >= 11 is 11.4. The molecule has 8 heteroatoms. The average molecular weight is 329 g/mol. The molecule has 1 amide bonds. The molecule has 0 radical (unpaired) electrons. The molecule has 0 spiro atoms. The molecular formula is C13H7Cl2FN2O3. The molecule has 5 nitrogen and oxygen atoms in total. The van der Waals surface area contributed by atoms with Crippen LogP contribution in [-0.2, 0) is 0 Å². The zero-order chi connectivity index (χ0) is 15.6. The summed E-state index contributed by atoms with van der Waals surface area (Å²) in [5.41, 5.74) is -0.802. The number of nitro groups is 1. The highest BCUT2D eigenvalue weighted by Crippen LogP contribution is 2.28. The molecule has 108 valence electrons. The molecule has 0 bridgehead atoms. The first kappa shape index (κ1) is 15.2. The van der Waals surface area contributed by atoms with Gasteiger partial charge in [-0.3, -0.25) is 14.9 Å². The summed E-state index contributed by atoms with van der Waals surface area (Å²) in [5.74, 6) is -1.65. The van der Waals surface area contributed by atoms with Crippen molar-refractivity contribution in [1.29, 1.82) is 0 Å². The number of amides is 1. The molecule has 0 unspecified atom stereocenters. The van der Waals surface area contributed by atoms with Gasteiger partial charge in [-0.25, -0.2) is 4.39 Å². The number of carbonyl (C=O) groups is 1. The van der Waals surface area contributed by atoms with Crippen LogP contribution in [-0.4, -0.2) is 10.8 Å². The molecule has 0 fully saturated rings. The predicted octanol–water partition coefficient (Wildman–Crippen LogP) is 4.29. The summed E-state index contributed by atoms with van der Waals surface area (Å²) < 4.78 is 13.6. The molecule has 21 heavy (non-hydrogen) atoms. The molecule has 0 aliphatic heterocycles. The van der Waals surface area contributed by atoms with Crippen LogP contribution in [0.2, 0.25) is 10.0 Å². The van der Waals surface area contributed by atoms with E-state index in [4.69, 9.17) is 23.2 Å². The van der Waals surface area contributed by atoms with Crippen LogP contribution in [0, 0.1) is 15.9 Å². The maximum Gasteiger partial charge on any atom is 0.292 e. The highest BCUT2D eigenvalue weighted by atomic mass is 35.5. The minimum atomic E-state index is -0.861. The Kier molecular flexibility index (Phi) is 4.40. The first-order valence-corrected chi connectivity index (χ1v) is 6.34. The van der Waals surface area contributed by atoms with Crippen molar-refractivity contribution in [1.82, 2.24) is 0 Å². The van der Waals surface area contributed by atoms with Gasteiger partial charge in [-0.2, -0.15) is 0 Å². The van der Waals surface area contributed by atoms with E-state index in [2.05, 4.69) is 5.32 Å². The van der Waals surface area contributed by atoms with E-state index in [-0.39, 0.29) is 27.0 Å². The second kappa shape index (κ2) is 6.07. The average Bonchev–Trinajstić information content (AvgIpc) is 2.41. The molecule has 0 atom stereocenters. The lowest BCUT2D eigenvalue weighted by Gasteiger charge is -2.07. The Morgan fingerprint density at radius 1 is 1.14 bits per heavy atom. The molecule has 0 heterocycles. The highest BCUT2D eigenvalue weighted by Gasteiger charge is 2.19. The van der Waals surface area contributed by atoms with Crippen molar-refractivity contribution in [3.63, 3.8) is 0 Å². The van der Waals surface area contributed by atoms with Crippen LogP contribution in [0.15, 0.2) is 36.4 Å². The lowest BCUT2D eigenvalue weighted by Crippen LogP contribution is -2.14. The van der Waals surface area contributed by atoms with E-state index in [0.717, 1.165) is 18.2 Å². The lowest BCUT2D eigenvalue weighted by molar-refractivity contribution is -0.383. The SMILES string of the molecule is O=C(Nc1cc(Cl)ccc1[N+](=O)[O-])c1cc(Cl)ccc1F. The number of carbonyl (C=O) groups excluding carboxylic acids is 1. The van der Waals surface area contributed by atoms with E-state index in [9.17, 15) is 19.3 Å². The van der Waals surface area contributed by atoms with Gasteiger partial charge < -0.3 is 5.32 Å². The molecule has 0 saturated carbocycles. The number of rotatable bonds is 3. The molecule has 2 aromatic rings. The van der Waals surface area contributed by atoms with Gasteiger partial charge in [0.05, 0.1) is 10.5 Å². The minimum Gasteiger partial charge on any atom is -0.316 e. The van der Waals surface area contributed by atoms with Gasteiger partial charge in [-0.15, -0.1) is 0 Å². The maximum atomic E-state index is 13.6. The van der Waals surface area contributed by atoms with Crippen molar-refractivity contribution in [2.75, 3.05) is 5.32 Å². The number of nitrogens with one attached hydrogen (secondary N) is 1. The van der Waals surface area contributed by atoms with Gasteiger partial charge in [0.25, 0.3) is 11.6 Å². The molecule has 0 saturated heterocycles. The van der Waals surface area contributed by atoms with E-state index >= 15 is 0 Å². The molecule has 0 aliphatic carbocycles. The van der Waals surface area contributed by atoms with Crippen LogP contribution in [0.4, 0.5) is 15.8 Å². The van der Waals surface area contributed by atoms with Crippen molar-refractivity contribution in [2.45, 2.75) is 0 Å². The molecule has 0 aliphatic rings. The Labute approximate surface area is 128 Å². The Hall–Kier alpha value is -2.18. The Balaban J connectivity index is 2.38. The van der Waals surface area contributed by atoms with E-state index in [1.807, 2.05) is 0 Å². The Morgan fingerprint density at radius 2 is 1.76 bits per heavy atom. The normalized spacial score (nSPS) is 10.2. The molecule has 2 rings (SSSR count). The third-order valence-electron chi connectivity index (χ3n) is 2.58. The minimum absolute atomic E-state index is 0.128. The summed E-state index contributed by atoms with van der Waals surface area (Å²) in [4.78, 5) is 22.2. The van der Waals surface area contributed by atoms with Crippen LogP contribution in [0.25, 0.3) is 0 Å². The quantitative estimate of drug-likeness (QED) is 0.674. The molecule has 2 aromatic carbocycles. The fourth-order valence-electron chi connectivity index (χ4n) is 1.63. The van der Waals surface area contributed by atoms with E-state index in [1.54, 1.807) is 0 Å². The second-order valence-electron chi connectivity index (χ2n) is 4.00. The van der Waals surface area contributed by atoms with Gasteiger partial charge in [0.2, 0.25) is 0 Å². The summed E-state index contributed by atoms with van der Waals surface area (Å²) in [6, 6.07) is 7.11. The van der Waals surface area contributed by atoms with Crippen LogP contribution >= 0.6 is 23.2 Å². The van der Waals surface area contributed by atoms with Crippen LogP contribution in [0.3, 0.4) is 0 Å². The zero-order valence-electron chi connectivity index (χ0n) is 10.3. The van der Waals surface area contributed by atoms with Crippen molar-refractivity contribution in [3.8, 4) is 0 Å². The first-order valence-electron chi connectivity index (χ1n) is 5.59. The van der Waals surface area contributed by atoms with E-state index in [1.165, 1.54) is 18.2 Å². The van der Waals surface area contributed by atoms with E-state index < -0.39 is 16.6 Å². The second-order valence-corrected chi connectivity index (χ2v) is 4.87. The van der Waals surface area contributed by atoms with Crippen LogP contribution in [0.5, 0.6) is 0 Å². The summed E-state index contributed by atoms with van der Waals surface area (Å²) in [6.07, 6.45) is 0. The molecule has 1 N–H and O–H groups in total. The van der Waals surface area contributed by atoms with Gasteiger partial charge in [-0.1, -0.05) is 23.2 Å². The number of nitrogens with zero attached hydrogens (tertiary/aromatic N) is 1. The number of hydrogen-bond acceptors (Lipinski definition) is 3. The highest BCUT2D eigenvalue weighted by molar-refractivity contribution is 6.31.